The Kier molecular flexibility index (Phi) is 4.26. The first kappa shape index (κ1) is 16.2. The minimum Gasteiger partial charge on any atom is -0.434 e. The van der Waals surface area contributed by atoms with E-state index in [1.54, 1.807) is 34.2 Å². The summed E-state index contributed by atoms with van der Waals surface area (Å²) in [4.78, 5) is 5.21. The van der Waals surface area contributed by atoms with Crippen molar-refractivity contribution in [3.05, 3.63) is 63.0 Å². The highest BCUT2D eigenvalue weighted by molar-refractivity contribution is 9.11. The molecule has 25 heavy (non-hydrogen) atoms. The van der Waals surface area contributed by atoms with Crippen LogP contribution in [0.4, 0.5) is 14.7 Å². The molecular formula is C16H11BrF2N4OS. The first-order valence-corrected chi connectivity index (χ1v) is 8.90. The Balaban J connectivity index is 1.81. The fourth-order valence-electron chi connectivity index (χ4n) is 2.69. The van der Waals surface area contributed by atoms with Crippen LogP contribution in [-0.2, 0) is 0 Å². The molecule has 0 aliphatic carbocycles. The number of fused-ring (bicyclic) bond motifs is 1. The van der Waals surface area contributed by atoms with Gasteiger partial charge in [-0.2, -0.15) is 18.9 Å². The van der Waals surface area contributed by atoms with Crippen molar-refractivity contribution in [2.75, 3.05) is 5.32 Å². The third-order valence-electron chi connectivity index (χ3n) is 3.70. The van der Waals surface area contributed by atoms with E-state index in [1.165, 1.54) is 12.4 Å². The number of alkyl halides is 2. The SMILES string of the molecule is FC(F)Oc1ccccc1C1C=C(c2ccc(Br)s2)Nc2ncnn21. The number of nitrogens with one attached hydrogen (secondary N) is 1. The predicted octanol–water partition coefficient (Wildman–Crippen LogP) is 4.76. The molecule has 0 bridgehead atoms. The van der Waals surface area contributed by atoms with Crippen LogP contribution in [0.3, 0.4) is 0 Å². The fraction of sp³-hybridized carbons (Fsp3) is 0.125. The van der Waals surface area contributed by atoms with Crippen molar-refractivity contribution < 1.29 is 13.5 Å². The molecule has 0 amide bonds. The molecular weight excluding hydrogens is 414 g/mol. The van der Waals surface area contributed by atoms with Crippen molar-refractivity contribution in [1.82, 2.24) is 14.8 Å². The number of aromatic nitrogens is 3. The van der Waals surface area contributed by atoms with E-state index in [0.717, 1.165) is 14.4 Å². The van der Waals surface area contributed by atoms with E-state index < -0.39 is 12.7 Å². The molecule has 1 aliphatic rings. The average Bonchev–Trinajstić information content (AvgIpc) is 3.22. The lowest BCUT2D eigenvalue weighted by molar-refractivity contribution is -0.0506. The van der Waals surface area contributed by atoms with Gasteiger partial charge in [-0.05, 0) is 40.2 Å². The number of allylic oxidation sites excluding steroid dienone is 1. The maximum absolute atomic E-state index is 12.8. The monoisotopic (exact) mass is 424 g/mol. The number of hydrogen-bond donors (Lipinski definition) is 1. The van der Waals surface area contributed by atoms with Crippen molar-refractivity contribution >= 4 is 38.9 Å². The summed E-state index contributed by atoms with van der Waals surface area (Å²) in [6.45, 7) is -2.89. The molecule has 0 saturated heterocycles. The molecule has 1 aliphatic heterocycles. The van der Waals surface area contributed by atoms with E-state index in [9.17, 15) is 8.78 Å². The van der Waals surface area contributed by atoms with Crippen LogP contribution in [-0.4, -0.2) is 21.4 Å². The maximum atomic E-state index is 12.8. The first-order valence-electron chi connectivity index (χ1n) is 7.29. The van der Waals surface area contributed by atoms with Gasteiger partial charge in [-0.15, -0.1) is 11.3 Å². The van der Waals surface area contributed by atoms with E-state index in [1.807, 2.05) is 18.2 Å². The molecule has 0 saturated carbocycles. The molecule has 1 atom stereocenters. The molecule has 3 heterocycles. The highest BCUT2D eigenvalue weighted by atomic mass is 79.9. The summed E-state index contributed by atoms with van der Waals surface area (Å²) < 4.78 is 32.8. The van der Waals surface area contributed by atoms with Gasteiger partial charge < -0.3 is 10.1 Å². The third-order valence-corrected chi connectivity index (χ3v) is 5.36. The number of thiophene rings is 1. The Morgan fingerprint density at radius 3 is 2.84 bits per heavy atom. The zero-order chi connectivity index (χ0) is 17.4. The van der Waals surface area contributed by atoms with Crippen molar-refractivity contribution in [1.29, 1.82) is 0 Å². The van der Waals surface area contributed by atoms with E-state index in [0.29, 0.717) is 11.5 Å². The minimum absolute atomic E-state index is 0.119. The third kappa shape index (κ3) is 3.16. The van der Waals surface area contributed by atoms with Crippen LogP contribution in [0.2, 0.25) is 0 Å². The second-order valence-electron chi connectivity index (χ2n) is 5.20. The summed E-state index contributed by atoms with van der Waals surface area (Å²) in [5.74, 6) is 0.660. The van der Waals surface area contributed by atoms with Crippen molar-refractivity contribution in [3.8, 4) is 5.75 Å². The number of anilines is 1. The molecule has 9 heteroatoms. The van der Waals surface area contributed by atoms with Gasteiger partial charge in [0.25, 0.3) is 0 Å². The normalized spacial score (nSPS) is 16.3. The molecule has 4 rings (SSSR count). The van der Waals surface area contributed by atoms with E-state index in [-0.39, 0.29) is 5.75 Å². The van der Waals surface area contributed by atoms with Gasteiger partial charge in [0.2, 0.25) is 5.95 Å². The number of nitrogens with zero attached hydrogens (tertiary/aromatic N) is 3. The van der Waals surface area contributed by atoms with Crippen molar-refractivity contribution in [3.63, 3.8) is 0 Å². The number of rotatable bonds is 4. The second kappa shape index (κ2) is 6.57. The first-order chi connectivity index (χ1) is 12.1. The quantitative estimate of drug-likeness (QED) is 0.655. The lowest BCUT2D eigenvalue weighted by atomic mass is 10.0. The van der Waals surface area contributed by atoms with Crippen LogP contribution in [0.15, 0.2) is 52.6 Å². The Bertz CT molecular complexity index is 940. The minimum atomic E-state index is -2.89. The molecule has 0 spiro atoms. The van der Waals surface area contributed by atoms with Crippen LogP contribution in [0.1, 0.15) is 16.5 Å². The molecule has 128 valence electrons. The van der Waals surface area contributed by atoms with Gasteiger partial charge in [0.1, 0.15) is 18.1 Å². The van der Waals surface area contributed by atoms with Crippen molar-refractivity contribution in [2.24, 2.45) is 0 Å². The Morgan fingerprint density at radius 1 is 1.24 bits per heavy atom. The average molecular weight is 425 g/mol. The van der Waals surface area contributed by atoms with Gasteiger partial charge in [0.05, 0.1) is 14.4 Å². The topological polar surface area (TPSA) is 52.0 Å². The van der Waals surface area contributed by atoms with E-state index >= 15 is 0 Å². The summed E-state index contributed by atoms with van der Waals surface area (Å²) >= 11 is 5.01. The van der Waals surface area contributed by atoms with Gasteiger partial charge in [0.15, 0.2) is 0 Å². The highest BCUT2D eigenvalue weighted by Crippen LogP contribution is 2.38. The number of ether oxygens (including phenoxy) is 1. The molecule has 1 aromatic carbocycles. The summed E-state index contributed by atoms with van der Waals surface area (Å²) in [7, 11) is 0. The number of benzene rings is 1. The standard InChI is InChI=1S/C16H11BrF2N4OS/c17-14-6-5-13(25-14)10-7-11(23-16(22-10)20-8-21-23)9-3-1-2-4-12(9)24-15(18)19/h1-8,11,15H,(H,20,21,22). The zero-order valence-corrected chi connectivity index (χ0v) is 15.0. The van der Waals surface area contributed by atoms with Crippen LogP contribution < -0.4 is 10.1 Å². The zero-order valence-electron chi connectivity index (χ0n) is 12.6. The van der Waals surface area contributed by atoms with Crippen LogP contribution in [0.25, 0.3) is 5.70 Å². The Morgan fingerprint density at radius 2 is 2.08 bits per heavy atom. The summed E-state index contributed by atoms with van der Waals surface area (Å²) in [5.41, 5.74) is 1.43. The molecule has 0 radical (unpaired) electrons. The lowest BCUT2D eigenvalue weighted by Crippen LogP contribution is -2.20. The number of halogens is 3. The smallest absolute Gasteiger partial charge is 0.387 e. The summed E-state index contributed by atoms with van der Waals surface area (Å²) in [5, 5.41) is 7.44. The second-order valence-corrected chi connectivity index (χ2v) is 7.66. The Labute approximate surface area is 154 Å². The summed E-state index contributed by atoms with van der Waals surface area (Å²) in [6, 6.07) is 10.2. The molecule has 5 nitrogen and oxygen atoms in total. The largest absolute Gasteiger partial charge is 0.434 e. The van der Waals surface area contributed by atoms with E-state index in [4.69, 9.17) is 0 Å². The van der Waals surface area contributed by atoms with Gasteiger partial charge in [-0.1, -0.05) is 18.2 Å². The van der Waals surface area contributed by atoms with Gasteiger partial charge >= 0.3 is 6.61 Å². The number of hydrogen-bond acceptors (Lipinski definition) is 5. The predicted molar refractivity (Wildman–Crippen MR) is 94.9 cm³/mol. The highest BCUT2D eigenvalue weighted by Gasteiger charge is 2.26. The van der Waals surface area contributed by atoms with Crippen LogP contribution in [0.5, 0.6) is 5.75 Å². The van der Waals surface area contributed by atoms with Gasteiger partial charge in [-0.25, -0.2) is 4.68 Å². The lowest BCUT2D eigenvalue weighted by Gasteiger charge is -2.25. The summed E-state index contributed by atoms with van der Waals surface area (Å²) in [6.07, 6.45) is 3.35. The molecule has 1 N–H and O–H groups in total. The van der Waals surface area contributed by atoms with Gasteiger partial charge in [0, 0.05) is 5.56 Å². The number of para-hydroxylation sites is 1. The van der Waals surface area contributed by atoms with E-state index in [2.05, 4.69) is 36.1 Å². The molecule has 2 aromatic heterocycles. The van der Waals surface area contributed by atoms with Crippen molar-refractivity contribution in [2.45, 2.75) is 12.7 Å². The van der Waals surface area contributed by atoms with Crippen LogP contribution >= 0.6 is 27.3 Å². The Hall–Kier alpha value is -2.26. The van der Waals surface area contributed by atoms with Gasteiger partial charge in [-0.3, -0.25) is 0 Å². The fourth-order valence-corrected chi connectivity index (χ4v) is 4.05. The maximum Gasteiger partial charge on any atom is 0.387 e. The molecule has 1 unspecified atom stereocenters. The molecule has 0 fully saturated rings. The molecule has 3 aromatic rings. The van der Waals surface area contributed by atoms with Crippen LogP contribution in [0, 0.1) is 0 Å².